The molecule has 4 nitrogen and oxygen atoms in total. The molecule has 1 saturated carbocycles. The predicted molar refractivity (Wildman–Crippen MR) is 64.7 cm³/mol. The quantitative estimate of drug-likeness (QED) is 0.757. The maximum atomic E-state index is 11.4. The highest BCUT2D eigenvalue weighted by Crippen LogP contribution is 2.27. The van der Waals surface area contributed by atoms with Gasteiger partial charge in [-0.2, -0.15) is 0 Å². The van der Waals surface area contributed by atoms with Gasteiger partial charge in [0.25, 0.3) is 0 Å². The Morgan fingerprint density at radius 3 is 2.59 bits per heavy atom. The normalized spacial score (nSPS) is 33.6. The number of carbonyl (C=O) groups is 1. The molecule has 1 heterocycles. The molecule has 4 heteroatoms. The minimum atomic E-state index is -0.0547. The number of hydrogen-bond acceptors (Lipinski definition) is 4. The summed E-state index contributed by atoms with van der Waals surface area (Å²) in [5.41, 5.74) is 0. The molecular formula is C13H23NO3. The first-order chi connectivity index (χ1) is 8.29. The molecule has 0 aromatic rings. The summed E-state index contributed by atoms with van der Waals surface area (Å²) in [7, 11) is 1.47. The lowest BCUT2D eigenvalue weighted by molar-refractivity contribution is -0.147. The first-order valence-corrected chi connectivity index (χ1v) is 6.72. The van der Waals surface area contributed by atoms with Crippen molar-refractivity contribution in [3.8, 4) is 0 Å². The number of rotatable bonds is 4. The van der Waals surface area contributed by atoms with Crippen molar-refractivity contribution in [1.29, 1.82) is 0 Å². The van der Waals surface area contributed by atoms with Crippen molar-refractivity contribution in [3.63, 3.8) is 0 Å². The third-order valence-electron chi connectivity index (χ3n) is 3.90. The maximum Gasteiger partial charge on any atom is 0.308 e. The summed E-state index contributed by atoms with van der Waals surface area (Å²) in [4.78, 5) is 11.4. The molecule has 2 fully saturated rings. The minimum absolute atomic E-state index is 0.0547. The summed E-state index contributed by atoms with van der Waals surface area (Å²) < 4.78 is 10.7. The van der Waals surface area contributed by atoms with Crippen molar-refractivity contribution < 1.29 is 14.3 Å². The van der Waals surface area contributed by atoms with E-state index in [1.165, 1.54) is 20.0 Å². The second kappa shape index (κ2) is 6.36. The van der Waals surface area contributed by atoms with E-state index in [0.29, 0.717) is 12.1 Å². The van der Waals surface area contributed by atoms with Crippen molar-refractivity contribution in [1.82, 2.24) is 5.32 Å². The van der Waals surface area contributed by atoms with Gasteiger partial charge in [-0.3, -0.25) is 4.79 Å². The van der Waals surface area contributed by atoms with Crippen LogP contribution >= 0.6 is 0 Å². The molecule has 0 aromatic carbocycles. The second-order valence-corrected chi connectivity index (χ2v) is 5.12. The summed E-state index contributed by atoms with van der Waals surface area (Å²) in [5.74, 6) is 0.0466. The van der Waals surface area contributed by atoms with Crippen LogP contribution in [-0.4, -0.2) is 38.4 Å². The Hall–Kier alpha value is -0.610. The van der Waals surface area contributed by atoms with Crippen molar-refractivity contribution in [3.05, 3.63) is 0 Å². The second-order valence-electron chi connectivity index (χ2n) is 5.12. The van der Waals surface area contributed by atoms with E-state index in [1.54, 1.807) is 0 Å². The van der Waals surface area contributed by atoms with E-state index >= 15 is 0 Å². The SMILES string of the molecule is COC(=O)[C@H]1CC[C@H](OC[C@@H]2CCCN2)CC1. The summed E-state index contributed by atoms with van der Waals surface area (Å²) in [5, 5.41) is 3.43. The number of ether oxygens (including phenoxy) is 2. The largest absolute Gasteiger partial charge is 0.469 e. The molecule has 0 unspecified atom stereocenters. The highest BCUT2D eigenvalue weighted by molar-refractivity contribution is 5.72. The Kier molecular flexibility index (Phi) is 4.80. The van der Waals surface area contributed by atoms with Gasteiger partial charge in [0.2, 0.25) is 0 Å². The molecule has 17 heavy (non-hydrogen) atoms. The topological polar surface area (TPSA) is 47.6 Å². The van der Waals surface area contributed by atoms with E-state index in [1.807, 2.05) is 0 Å². The van der Waals surface area contributed by atoms with Crippen molar-refractivity contribution in [2.75, 3.05) is 20.3 Å². The van der Waals surface area contributed by atoms with Crippen molar-refractivity contribution in [2.45, 2.75) is 50.7 Å². The number of nitrogens with one attached hydrogen (secondary N) is 1. The minimum Gasteiger partial charge on any atom is -0.469 e. The Labute approximate surface area is 103 Å². The van der Waals surface area contributed by atoms with E-state index in [-0.39, 0.29) is 11.9 Å². The molecule has 0 radical (unpaired) electrons. The van der Waals surface area contributed by atoms with Gasteiger partial charge >= 0.3 is 5.97 Å². The van der Waals surface area contributed by atoms with Gasteiger partial charge in [0.05, 0.1) is 25.7 Å². The van der Waals surface area contributed by atoms with E-state index in [0.717, 1.165) is 38.8 Å². The van der Waals surface area contributed by atoms with Crippen LogP contribution in [0.25, 0.3) is 0 Å². The number of carbonyl (C=O) groups excluding carboxylic acids is 1. The van der Waals surface area contributed by atoms with Crippen LogP contribution in [0.15, 0.2) is 0 Å². The molecule has 1 aliphatic heterocycles. The fourth-order valence-corrected chi connectivity index (χ4v) is 2.78. The first-order valence-electron chi connectivity index (χ1n) is 6.72. The van der Waals surface area contributed by atoms with Gasteiger partial charge in [0.15, 0.2) is 0 Å². The smallest absolute Gasteiger partial charge is 0.308 e. The molecule has 1 atom stereocenters. The van der Waals surface area contributed by atoms with E-state index in [4.69, 9.17) is 9.47 Å². The Bertz CT molecular complexity index is 243. The van der Waals surface area contributed by atoms with E-state index < -0.39 is 0 Å². The standard InChI is InChI=1S/C13H23NO3/c1-16-13(15)10-4-6-12(7-5-10)17-9-11-3-2-8-14-11/h10-12,14H,2-9H2,1H3/t10-,11-,12-/m0/s1. The Morgan fingerprint density at radius 2 is 2.00 bits per heavy atom. The summed E-state index contributed by atoms with van der Waals surface area (Å²) >= 11 is 0. The zero-order valence-corrected chi connectivity index (χ0v) is 10.6. The van der Waals surface area contributed by atoms with Crippen LogP contribution in [0.5, 0.6) is 0 Å². The third kappa shape index (κ3) is 3.68. The summed E-state index contributed by atoms with van der Waals surface area (Å²) in [6.45, 7) is 1.96. The van der Waals surface area contributed by atoms with Crippen LogP contribution in [0.3, 0.4) is 0 Å². The highest BCUT2D eigenvalue weighted by atomic mass is 16.5. The third-order valence-corrected chi connectivity index (χ3v) is 3.90. The molecule has 1 aliphatic carbocycles. The molecular weight excluding hydrogens is 218 g/mol. The molecule has 0 aromatic heterocycles. The van der Waals surface area contributed by atoms with Gasteiger partial charge in [-0.1, -0.05) is 0 Å². The van der Waals surface area contributed by atoms with Crippen LogP contribution in [-0.2, 0) is 14.3 Å². The fourth-order valence-electron chi connectivity index (χ4n) is 2.78. The highest BCUT2D eigenvalue weighted by Gasteiger charge is 2.27. The van der Waals surface area contributed by atoms with Crippen molar-refractivity contribution in [2.24, 2.45) is 5.92 Å². The van der Waals surface area contributed by atoms with Crippen LogP contribution in [0.2, 0.25) is 0 Å². The molecule has 0 bridgehead atoms. The lowest BCUT2D eigenvalue weighted by Gasteiger charge is -2.27. The lowest BCUT2D eigenvalue weighted by Crippen LogP contribution is -2.32. The number of esters is 1. The molecule has 0 amide bonds. The lowest BCUT2D eigenvalue weighted by atomic mass is 9.87. The molecule has 2 rings (SSSR count). The Morgan fingerprint density at radius 1 is 1.24 bits per heavy atom. The maximum absolute atomic E-state index is 11.4. The Balaban J connectivity index is 1.63. The number of hydrogen-bond donors (Lipinski definition) is 1. The number of methoxy groups -OCH3 is 1. The van der Waals surface area contributed by atoms with E-state index in [2.05, 4.69) is 5.32 Å². The van der Waals surface area contributed by atoms with Gasteiger partial charge in [-0.15, -0.1) is 0 Å². The van der Waals surface area contributed by atoms with Crippen LogP contribution < -0.4 is 5.32 Å². The molecule has 0 spiro atoms. The van der Waals surface area contributed by atoms with Crippen LogP contribution in [0.1, 0.15) is 38.5 Å². The fraction of sp³-hybridized carbons (Fsp3) is 0.923. The zero-order valence-electron chi connectivity index (χ0n) is 10.6. The van der Waals surface area contributed by atoms with Gasteiger partial charge in [-0.05, 0) is 45.1 Å². The monoisotopic (exact) mass is 241 g/mol. The van der Waals surface area contributed by atoms with Crippen molar-refractivity contribution >= 4 is 5.97 Å². The van der Waals surface area contributed by atoms with Gasteiger partial charge in [-0.25, -0.2) is 0 Å². The molecule has 2 aliphatic rings. The summed E-state index contributed by atoms with van der Waals surface area (Å²) in [6.07, 6.45) is 6.66. The van der Waals surface area contributed by atoms with Gasteiger partial charge < -0.3 is 14.8 Å². The molecule has 1 saturated heterocycles. The average Bonchev–Trinajstić information content (AvgIpc) is 2.89. The van der Waals surface area contributed by atoms with E-state index in [9.17, 15) is 4.79 Å². The van der Waals surface area contributed by atoms with Gasteiger partial charge in [0, 0.05) is 6.04 Å². The first kappa shape index (κ1) is 12.8. The zero-order chi connectivity index (χ0) is 12.1. The van der Waals surface area contributed by atoms with Gasteiger partial charge in [0.1, 0.15) is 0 Å². The van der Waals surface area contributed by atoms with Crippen LogP contribution in [0, 0.1) is 5.92 Å². The molecule has 98 valence electrons. The predicted octanol–water partition coefficient (Wildman–Crippen LogP) is 1.49. The molecule has 1 N–H and O–H groups in total. The van der Waals surface area contributed by atoms with Crippen LogP contribution in [0.4, 0.5) is 0 Å². The average molecular weight is 241 g/mol. The summed E-state index contributed by atoms with van der Waals surface area (Å²) in [6, 6.07) is 0.549.